The fraction of sp³-hybridized carbons (Fsp3) is 0.528. The van der Waals surface area contributed by atoms with Crippen LogP contribution in [0.4, 0.5) is 0 Å². The van der Waals surface area contributed by atoms with Crippen molar-refractivity contribution in [3.05, 3.63) is 83.9 Å². The number of carbonyl (C=O) groups excluding carboxylic acids is 1. The highest BCUT2D eigenvalue weighted by molar-refractivity contribution is 7.47. The van der Waals surface area contributed by atoms with Crippen LogP contribution >= 0.6 is 7.82 Å². The Bertz CT molecular complexity index is 1420. The molecule has 0 spiro atoms. The molecule has 244 valence electrons. The molecule has 2 aromatic carbocycles. The second kappa shape index (κ2) is 14.0. The predicted molar refractivity (Wildman–Crippen MR) is 178 cm³/mol. The molecule has 1 unspecified atom stereocenters. The quantitative estimate of drug-likeness (QED) is 0.190. The summed E-state index contributed by atoms with van der Waals surface area (Å²) in [6, 6.07) is 20.8. The third kappa shape index (κ3) is 7.87. The summed E-state index contributed by atoms with van der Waals surface area (Å²) >= 11 is 0. The highest BCUT2D eigenvalue weighted by atomic mass is 31.2. The summed E-state index contributed by atoms with van der Waals surface area (Å²) in [7, 11) is 1.83. The molecule has 2 N–H and O–H groups in total. The van der Waals surface area contributed by atoms with Gasteiger partial charge in [-0.2, -0.15) is 0 Å². The van der Waals surface area contributed by atoms with Crippen molar-refractivity contribution in [2.24, 2.45) is 17.3 Å². The van der Waals surface area contributed by atoms with Gasteiger partial charge in [0.1, 0.15) is 13.2 Å². The number of phosphoric acid groups is 1. The van der Waals surface area contributed by atoms with Crippen molar-refractivity contribution < 1.29 is 32.9 Å². The summed E-state index contributed by atoms with van der Waals surface area (Å²) in [5, 5.41) is 11.2. The van der Waals surface area contributed by atoms with Crippen LogP contribution in [0.2, 0.25) is 0 Å². The molecule has 45 heavy (non-hydrogen) atoms. The fourth-order valence-electron chi connectivity index (χ4n) is 7.58. The average Bonchev–Trinajstić information content (AvgIpc) is 3.70. The van der Waals surface area contributed by atoms with Gasteiger partial charge < -0.3 is 19.4 Å². The predicted octanol–water partition coefficient (Wildman–Crippen LogP) is 6.17. The van der Waals surface area contributed by atoms with E-state index in [1.54, 1.807) is 0 Å². The number of aliphatic hydroxyl groups excluding tert-OH is 1. The highest BCUT2D eigenvalue weighted by Crippen LogP contribution is 2.66. The van der Waals surface area contributed by atoms with Gasteiger partial charge in [-0.05, 0) is 60.8 Å². The van der Waals surface area contributed by atoms with Gasteiger partial charge in [0.2, 0.25) is 5.91 Å². The minimum absolute atomic E-state index is 0.00312. The molecule has 2 aromatic rings. The fourth-order valence-corrected chi connectivity index (χ4v) is 8.37. The van der Waals surface area contributed by atoms with Crippen LogP contribution in [0.5, 0.6) is 0 Å². The number of benzene rings is 2. The molecule has 1 heterocycles. The number of carbonyl (C=O) groups is 1. The van der Waals surface area contributed by atoms with Crippen LogP contribution in [0.25, 0.3) is 11.1 Å². The van der Waals surface area contributed by atoms with Crippen molar-refractivity contribution in [2.45, 2.75) is 51.0 Å². The van der Waals surface area contributed by atoms with Gasteiger partial charge in [-0.3, -0.25) is 13.8 Å². The summed E-state index contributed by atoms with van der Waals surface area (Å²) in [4.78, 5) is 25.2. The zero-order valence-corrected chi connectivity index (χ0v) is 28.0. The summed E-state index contributed by atoms with van der Waals surface area (Å²) in [5.74, 6) is 0.181. The molecular formula is C36H50N2O6P+. The lowest BCUT2D eigenvalue weighted by Crippen LogP contribution is -2.37. The van der Waals surface area contributed by atoms with Gasteiger partial charge in [0.05, 0.1) is 33.9 Å². The maximum atomic E-state index is 13.2. The van der Waals surface area contributed by atoms with E-state index in [-0.39, 0.29) is 42.5 Å². The maximum absolute atomic E-state index is 13.2. The molecule has 0 aromatic heterocycles. The number of hydrogen-bond donors (Lipinski definition) is 2. The number of fused-ring (bicyclic) bond motifs is 1. The summed E-state index contributed by atoms with van der Waals surface area (Å²) in [5.41, 5.74) is 5.66. The lowest BCUT2D eigenvalue weighted by molar-refractivity contribution is -0.870. The van der Waals surface area contributed by atoms with Gasteiger partial charge in [-0.15, -0.1) is 0 Å². The summed E-state index contributed by atoms with van der Waals surface area (Å²) in [6.07, 6.45) is 4.73. The van der Waals surface area contributed by atoms with E-state index in [1.807, 2.05) is 50.3 Å². The van der Waals surface area contributed by atoms with Crippen molar-refractivity contribution in [1.29, 1.82) is 0 Å². The molecule has 2 aliphatic carbocycles. The van der Waals surface area contributed by atoms with E-state index < -0.39 is 7.82 Å². The van der Waals surface area contributed by atoms with Gasteiger partial charge in [-0.25, -0.2) is 4.57 Å². The second-order valence-electron chi connectivity index (χ2n) is 14.0. The first kappa shape index (κ1) is 33.8. The molecule has 1 saturated carbocycles. The zero-order chi connectivity index (χ0) is 32.2. The number of hydrogen-bond acceptors (Lipinski definition) is 5. The molecule has 0 radical (unpaired) electrons. The largest absolute Gasteiger partial charge is 0.472 e. The summed E-state index contributed by atoms with van der Waals surface area (Å²) in [6.45, 7) is 6.60. The van der Waals surface area contributed by atoms with Crippen LogP contribution in [0.15, 0.2) is 72.8 Å². The molecule has 2 fully saturated rings. The first-order valence-electron chi connectivity index (χ1n) is 16.3. The van der Waals surface area contributed by atoms with E-state index in [9.17, 15) is 19.4 Å². The van der Waals surface area contributed by atoms with E-state index in [1.165, 1.54) is 16.7 Å². The normalized spacial score (nSPS) is 26.2. The minimum atomic E-state index is -4.12. The molecule has 8 nitrogen and oxygen atoms in total. The number of phosphoric ester groups is 1. The van der Waals surface area contributed by atoms with Crippen molar-refractivity contribution in [3.8, 4) is 0 Å². The van der Waals surface area contributed by atoms with Crippen LogP contribution < -0.4 is 0 Å². The Morgan fingerprint density at radius 3 is 2.44 bits per heavy atom. The second-order valence-corrected chi connectivity index (χ2v) is 15.5. The first-order valence-corrected chi connectivity index (χ1v) is 17.8. The molecule has 0 bridgehead atoms. The molecule has 5 atom stereocenters. The van der Waals surface area contributed by atoms with Crippen molar-refractivity contribution >= 4 is 24.9 Å². The number of likely N-dealkylation sites (tertiary alicyclic amines) is 1. The molecule has 1 amide bonds. The van der Waals surface area contributed by atoms with Gasteiger partial charge in [0.15, 0.2) is 0 Å². The minimum Gasteiger partial charge on any atom is -0.393 e. The van der Waals surface area contributed by atoms with E-state index in [0.29, 0.717) is 30.5 Å². The third-order valence-electron chi connectivity index (χ3n) is 9.92. The van der Waals surface area contributed by atoms with Crippen molar-refractivity contribution in [1.82, 2.24) is 4.90 Å². The maximum Gasteiger partial charge on any atom is 0.472 e. The lowest BCUT2D eigenvalue weighted by atomic mass is 9.66. The Morgan fingerprint density at radius 1 is 1.07 bits per heavy atom. The van der Waals surface area contributed by atoms with Crippen LogP contribution in [0, 0.1) is 17.3 Å². The van der Waals surface area contributed by atoms with Crippen LogP contribution in [0.3, 0.4) is 0 Å². The van der Waals surface area contributed by atoms with Gasteiger partial charge in [-0.1, -0.05) is 72.8 Å². The summed E-state index contributed by atoms with van der Waals surface area (Å²) < 4.78 is 23.3. The monoisotopic (exact) mass is 637 g/mol. The van der Waals surface area contributed by atoms with E-state index >= 15 is 0 Å². The Labute approximate surface area is 268 Å². The number of nitrogens with zero attached hydrogens (tertiary/aromatic N) is 2. The van der Waals surface area contributed by atoms with Gasteiger partial charge in [0, 0.05) is 36.8 Å². The molecule has 1 saturated heterocycles. The lowest BCUT2D eigenvalue weighted by Gasteiger charge is -2.37. The smallest absolute Gasteiger partial charge is 0.393 e. The topological polar surface area (TPSA) is 96.3 Å². The number of allylic oxidation sites excluding steroid dienone is 3. The molecule has 3 aliphatic rings. The third-order valence-corrected chi connectivity index (χ3v) is 10.9. The molecule has 1 aliphatic heterocycles. The Morgan fingerprint density at radius 2 is 1.76 bits per heavy atom. The van der Waals surface area contributed by atoms with Crippen LogP contribution in [-0.2, 0) is 18.4 Å². The standard InChI is InChI=1S/C36H49N2O6P/c1-27(29-12-7-5-8-13-29)36-20-18-33(39)32(36)24-31(35(36)30-14-9-6-10-15-30)16-11-17-34(40)37-21-19-28(25-37)26-44-45(41,42)43-23-22-38(2,3)4/h5-10,12-15,28,32-33,39H,1,11,16-26H2,2-4H3/p+1/t28-,32+,33-,36+/m1/s1. The Kier molecular flexibility index (Phi) is 10.5. The first-order chi connectivity index (χ1) is 21.4. The number of aliphatic hydroxyl groups is 1. The van der Waals surface area contributed by atoms with Gasteiger partial charge >= 0.3 is 7.82 Å². The number of quaternary nitrogens is 1. The number of likely N-dealkylation sites (N-methyl/N-ethyl adjacent to an activating group) is 1. The Balaban J connectivity index is 1.21. The molecular weight excluding hydrogens is 587 g/mol. The van der Waals surface area contributed by atoms with Crippen molar-refractivity contribution in [3.63, 3.8) is 0 Å². The number of rotatable bonds is 14. The van der Waals surface area contributed by atoms with Crippen LogP contribution in [-0.4, -0.2) is 85.4 Å². The molecule has 9 heteroatoms. The van der Waals surface area contributed by atoms with E-state index in [0.717, 1.165) is 49.7 Å². The van der Waals surface area contributed by atoms with Crippen LogP contribution in [0.1, 0.15) is 56.1 Å². The van der Waals surface area contributed by atoms with Gasteiger partial charge in [0.25, 0.3) is 0 Å². The van der Waals surface area contributed by atoms with E-state index in [2.05, 4.69) is 43.0 Å². The number of amides is 1. The van der Waals surface area contributed by atoms with E-state index in [4.69, 9.17) is 9.05 Å². The molecule has 5 rings (SSSR count). The zero-order valence-electron chi connectivity index (χ0n) is 27.1. The average molecular weight is 638 g/mol. The van der Waals surface area contributed by atoms with Crippen molar-refractivity contribution in [2.75, 3.05) is 54.0 Å². The SMILES string of the molecule is C=C(c1ccccc1)[C@@]12CC[C@@H](O)[C@@H]1CC(CCCC(=O)N1CC[C@@H](COP(=O)(O)OCC[N+](C)(C)C)C1)=C2c1ccccc1. The Hall–Kier alpha value is -2.58. The highest BCUT2D eigenvalue weighted by Gasteiger charge is 2.56.